The molecule has 35 heavy (non-hydrogen) atoms. The highest BCUT2D eigenvalue weighted by molar-refractivity contribution is 8.04. The van der Waals surface area contributed by atoms with E-state index in [9.17, 15) is 9.59 Å². The topological polar surface area (TPSA) is 67.9 Å². The van der Waals surface area contributed by atoms with Gasteiger partial charge in [-0.3, -0.25) is 9.59 Å². The van der Waals surface area contributed by atoms with Gasteiger partial charge in [-0.05, 0) is 54.8 Å². The molecule has 0 saturated heterocycles. The minimum Gasteiger partial charge on any atom is -0.497 e. The van der Waals surface area contributed by atoms with Crippen LogP contribution in [0.2, 0.25) is 0 Å². The fourth-order valence-electron chi connectivity index (χ4n) is 3.92. The average Bonchev–Trinajstić information content (AvgIpc) is 2.87. The number of carbonyl (C=O) groups is 2. The van der Waals surface area contributed by atoms with Gasteiger partial charge in [-0.15, -0.1) is 0 Å². The Hall–Kier alpha value is -3.71. The van der Waals surface area contributed by atoms with Gasteiger partial charge in [0.2, 0.25) is 0 Å². The summed E-state index contributed by atoms with van der Waals surface area (Å²) in [6.45, 7) is 2.48. The zero-order valence-electron chi connectivity index (χ0n) is 20.3. The van der Waals surface area contributed by atoms with Crippen molar-refractivity contribution >= 4 is 35.3 Å². The highest BCUT2D eigenvalue weighted by Crippen LogP contribution is 2.42. The number of hydrogen-bond donors (Lipinski definition) is 1. The van der Waals surface area contributed by atoms with Crippen LogP contribution in [0.15, 0.2) is 70.5 Å². The van der Waals surface area contributed by atoms with E-state index in [1.807, 2.05) is 61.5 Å². The molecule has 1 aliphatic heterocycles. The summed E-state index contributed by atoms with van der Waals surface area (Å²) in [5.41, 5.74) is 4.35. The summed E-state index contributed by atoms with van der Waals surface area (Å²) < 4.78 is 10.7. The number of ether oxygens (including phenoxy) is 2. The number of hydrogen-bond acceptors (Lipinski definition) is 5. The first-order valence-electron chi connectivity index (χ1n) is 11.3. The van der Waals surface area contributed by atoms with E-state index in [1.54, 1.807) is 38.3 Å². The number of rotatable bonds is 7. The van der Waals surface area contributed by atoms with E-state index in [1.165, 1.54) is 11.8 Å². The molecule has 0 bridgehead atoms. The molecule has 2 amide bonds. The molecule has 1 N–H and O–H groups in total. The van der Waals surface area contributed by atoms with Crippen molar-refractivity contribution in [1.82, 2.24) is 5.32 Å². The van der Waals surface area contributed by atoms with Gasteiger partial charge < -0.3 is 19.7 Å². The lowest BCUT2D eigenvalue weighted by Crippen LogP contribution is -2.31. The molecule has 0 unspecified atom stereocenters. The molecule has 3 aromatic carbocycles. The molecule has 0 saturated carbocycles. The maximum Gasteiger partial charge on any atom is 0.264 e. The van der Waals surface area contributed by atoms with Crippen LogP contribution in [-0.2, 0) is 11.2 Å². The number of carbonyl (C=O) groups excluding carboxylic acids is 2. The van der Waals surface area contributed by atoms with Crippen LogP contribution < -0.4 is 19.7 Å². The quantitative estimate of drug-likeness (QED) is 0.469. The maximum atomic E-state index is 13.0. The number of methoxy groups -OCH3 is 2. The van der Waals surface area contributed by atoms with Crippen LogP contribution in [0.25, 0.3) is 6.08 Å². The molecule has 7 heteroatoms. The lowest BCUT2D eigenvalue weighted by atomic mass is 10.1. The number of nitrogens with one attached hydrogen (secondary N) is 1. The summed E-state index contributed by atoms with van der Waals surface area (Å²) in [5.74, 6) is 1.16. The highest BCUT2D eigenvalue weighted by atomic mass is 32.2. The molecule has 0 atom stereocenters. The number of aryl methyl sites for hydroxylation is 1. The van der Waals surface area contributed by atoms with Gasteiger partial charge in [0, 0.05) is 30.1 Å². The molecule has 0 fully saturated rings. The van der Waals surface area contributed by atoms with Crippen molar-refractivity contribution in [2.45, 2.75) is 18.2 Å². The summed E-state index contributed by atoms with van der Waals surface area (Å²) in [5, 5.41) is 2.96. The Morgan fingerprint density at radius 3 is 2.63 bits per heavy atom. The zero-order valence-corrected chi connectivity index (χ0v) is 21.1. The summed E-state index contributed by atoms with van der Waals surface area (Å²) >= 11 is 1.43. The first-order valence-corrected chi connectivity index (χ1v) is 12.1. The fraction of sp³-hybridized carbons (Fsp3) is 0.214. The van der Waals surface area contributed by atoms with E-state index in [4.69, 9.17) is 9.47 Å². The molecule has 0 radical (unpaired) electrons. The van der Waals surface area contributed by atoms with Crippen LogP contribution in [0.4, 0.5) is 5.69 Å². The van der Waals surface area contributed by atoms with Crippen molar-refractivity contribution in [3.05, 3.63) is 87.8 Å². The van der Waals surface area contributed by atoms with Crippen molar-refractivity contribution in [3.63, 3.8) is 0 Å². The van der Waals surface area contributed by atoms with Crippen molar-refractivity contribution in [3.8, 4) is 11.5 Å². The molecule has 1 heterocycles. The molecule has 0 aliphatic carbocycles. The SMILES string of the molecule is COc1ccc(CCNC(=O)c2ccc3c(c2)N(C)C(=O)/C(=C\c2cccc(C)c2)S3)c(OC)c1. The number of anilines is 1. The van der Waals surface area contributed by atoms with Crippen LogP contribution in [0.1, 0.15) is 27.0 Å². The Balaban J connectivity index is 1.45. The highest BCUT2D eigenvalue weighted by Gasteiger charge is 2.27. The molecule has 4 rings (SSSR count). The summed E-state index contributed by atoms with van der Waals surface area (Å²) in [6, 6.07) is 19.1. The number of thioether (sulfide) groups is 1. The Labute approximate surface area is 209 Å². The average molecular weight is 489 g/mol. The van der Waals surface area contributed by atoms with E-state index in [0.717, 1.165) is 38.8 Å². The van der Waals surface area contributed by atoms with E-state index in [0.29, 0.717) is 23.4 Å². The number of nitrogens with zero attached hydrogens (tertiary/aromatic N) is 1. The van der Waals surface area contributed by atoms with Gasteiger partial charge in [-0.1, -0.05) is 47.7 Å². The smallest absolute Gasteiger partial charge is 0.264 e. The lowest BCUT2D eigenvalue weighted by Gasteiger charge is -2.27. The van der Waals surface area contributed by atoms with Crippen LogP contribution in [0, 0.1) is 6.92 Å². The van der Waals surface area contributed by atoms with Crippen molar-refractivity contribution in [2.75, 3.05) is 32.7 Å². The largest absolute Gasteiger partial charge is 0.497 e. The second-order valence-corrected chi connectivity index (χ2v) is 9.34. The number of fused-ring (bicyclic) bond motifs is 1. The van der Waals surface area contributed by atoms with Crippen LogP contribution in [-0.4, -0.2) is 39.6 Å². The molecule has 180 valence electrons. The predicted octanol–water partition coefficient (Wildman–Crippen LogP) is 5.09. The third kappa shape index (κ3) is 5.52. The van der Waals surface area contributed by atoms with Crippen LogP contribution in [0.3, 0.4) is 0 Å². The standard InChI is InChI=1S/C28H28N2O4S/c1-18-6-5-7-19(14-18)15-26-28(32)30(2)23-16-21(9-11-25(23)35-26)27(31)29-13-12-20-8-10-22(33-3)17-24(20)34-4/h5-11,14-17H,12-13H2,1-4H3,(H,29,31)/b26-15+. The van der Waals surface area contributed by atoms with Gasteiger partial charge in [0.15, 0.2) is 0 Å². The van der Waals surface area contributed by atoms with Crippen LogP contribution in [0.5, 0.6) is 11.5 Å². The maximum absolute atomic E-state index is 13.0. The number of benzene rings is 3. The summed E-state index contributed by atoms with van der Waals surface area (Å²) in [6.07, 6.45) is 2.53. The Morgan fingerprint density at radius 2 is 1.89 bits per heavy atom. The first-order chi connectivity index (χ1) is 16.9. The molecular formula is C28H28N2O4S. The van der Waals surface area contributed by atoms with Crippen molar-refractivity contribution in [1.29, 1.82) is 0 Å². The summed E-state index contributed by atoms with van der Waals surface area (Å²) in [4.78, 5) is 29.0. The van der Waals surface area contributed by atoms with Gasteiger partial charge in [0.25, 0.3) is 11.8 Å². The van der Waals surface area contributed by atoms with E-state index in [-0.39, 0.29) is 11.8 Å². The summed E-state index contributed by atoms with van der Waals surface area (Å²) in [7, 11) is 4.96. The third-order valence-electron chi connectivity index (χ3n) is 5.83. The molecule has 0 aromatic heterocycles. The second kappa shape index (κ2) is 10.7. The Kier molecular flexibility index (Phi) is 7.46. The lowest BCUT2D eigenvalue weighted by molar-refractivity contribution is -0.114. The predicted molar refractivity (Wildman–Crippen MR) is 140 cm³/mol. The van der Waals surface area contributed by atoms with Gasteiger partial charge in [-0.25, -0.2) is 0 Å². The van der Waals surface area contributed by atoms with E-state index in [2.05, 4.69) is 5.32 Å². The molecule has 1 aliphatic rings. The van der Waals surface area contributed by atoms with Crippen molar-refractivity contribution in [2.24, 2.45) is 0 Å². The molecule has 3 aromatic rings. The van der Waals surface area contributed by atoms with Gasteiger partial charge >= 0.3 is 0 Å². The van der Waals surface area contributed by atoms with Gasteiger partial charge in [-0.2, -0.15) is 0 Å². The zero-order chi connectivity index (χ0) is 24.9. The number of likely N-dealkylation sites (N-methyl/N-ethyl adjacent to an activating group) is 1. The second-order valence-electron chi connectivity index (χ2n) is 8.26. The fourth-order valence-corrected chi connectivity index (χ4v) is 5.01. The molecule has 6 nitrogen and oxygen atoms in total. The van der Waals surface area contributed by atoms with E-state index < -0.39 is 0 Å². The molecular weight excluding hydrogens is 460 g/mol. The monoisotopic (exact) mass is 488 g/mol. The Morgan fingerprint density at radius 1 is 1.06 bits per heavy atom. The number of amides is 2. The third-order valence-corrected chi connectivity index (χ3v) is 6.91. The van der Waals surface area contributed by atoms with Gasteiger partial charge in [0.05, 0.1) is 24.8 Å². The normalized spacial score (nSPS) is 14.0. The molecule has 0 spiro atoms. The first kappa shape index (κ1) is 24.4. The Bertz CT molecular complexity index is 1300. The van der Waals surface area contributed by atoms with Crippen molar-refractivity contribution < 1.29 is 19.1 Å². The minimum absolute atomic E-state index is 0.0897. The van der Waals surface area contributed by atoms with Gasteiger partial charge in [0.1, 0.15) is 11.5 Å². The van der Waals surface area contributed by atoms with Crippen LogP contribution >= 0.6 is 11.8 Å². The van der Waals surface area contributed by atoms with E-state index >= 15 is 0 Å². The minimum atomic E-state index is -0.188.